The molecule has 15 heteroatoms. The number of nitrogens with one attached hydrogen (secondary N) is 1. The van der Waals surface area contributed by atoms with Crippen LogP contribution in [0.3, 0.4) is 0 Å². The number of aromatic nitrogens is 2. The fraction of sp³-hybridized carbons (Fsp3) is 0.217. The quantitative estimate of drug-likeness (QED) is 0.157. The molecule has 0 bridgehead atoms. The molecular formula is C23H25F6N7O2. The Kier molecular flexibility index (Phi) is 11.9. The number of hydrazine groups is 1. The van der Waals surface area contributed by atoms with Crippen LogP contribution in [0, 0.1) is 18.3 Å². The number of nitrogens with zero attached hydrogens (tertiary/aromatic N) is 3. The molecule has 3 rings (SSSR count). The van der Waals surface area contributed by atoms with Crippen LogP contribution in [0.25, 0.3) is 5.69 Å². The van der Waals surface area contributed by atoms with E-state index in [0.29, 0.717) is 28.5 Å². The third-order valence-corrected chi connectivity index (χ3v) is 3.89. The third kappa shape index (κ3) is 13.0. The van der Waals surface area contributed by atoms with Gasteiger partial charge in [-0.15, -0.1) is 26.3 Å². The number of alkyl halides is 6. The lowest BCUT2D eigenvalue weighted by atomic mass is 10.2. The largest absolute Gasteiger partial charge is 0.573 e. The van der Waals surface area contributed by atoms with Gasteiger partial charge in [0, 0.05) is 30.5 Å². The van der Waals surface area contributed by atoms with E-state index in [0.717, 1.165) is 0 Å². The van der Waals surface area contributed by atoms with Crippen LogP contribution in [0.5, 0.6) is 11.5 Å². The second-order valence-corrected chi connectivity index (χ2v) is 7.26. The number of nitrogens with two attached hydrogens (primary N) is 3. The molecule has 0 aliphatic rings. The summed E-state index contributed by atoms with van der Waals surface area (Å²) in [7, 11) is 0. The Labute approximate surface area is 214 Å². The fourth-order valence-corrected chi connectivity index (χ4v) is 2.61. The molecule has 0 aliphatic heterocycles. The summed E-state index contributed by atoms with van der Waals surface area (Å²) in [5, 5.41) is 11.9. The van der Waals surface area contributed by atoms with Crippen molar-refractivity contribution in [1.82, 2.24) is 15.2 Å². The first kappa shape index (κ1) is 31.6. The van der Waals surface area contributed by atoms with E-state index in [2.05, 4.69) is 20.0 Å². The van der Waals surface area contributed by atoms with Gasteiger partial charge in [0.05, 0.1) is 17.5 Å². The average molecular weight is 545 g/mol. The van der Waals surface area contributed by atoms with Gasteiger partial charge in [-0.05, 0) is 43.7 Å². The van der Waals surface area contributed by atoms with E-state index in [9.17, 15) is 26.3 Å². The number of anilines is 1. The SMILES string of the molecule is CC(N)=CC#N.Cc1cc(N)n(-c2cccc(OC(F)(F)F)c2)n1.NNCc1cccc(OC(F)(F)F)c1. The number of benzene rings is 2. The third-order valence-electron chi connectivity index (χ3n) is 3.89. The number of hydrogen-bond donors (Lipinski definition) is 4. The highest BCUT2D eigenvalue weighted by atomic mass is 19.4. The lowest BCUT2D eigenvalue weighted by Crippen LogP contribution is -2.21. The second kappa shape index (κ2) is 14.4. The van der Waals surface area contributed by atoms with Crippen LogP contribution in [0.15, 0.2) is 66.4 Å². The Morgan fingerprint density at radius 3 is 2.00 bits per heavy atom. The Bertz CT molecular complexity index is 1230. The number of nitriles is 1. The lowest BCUT2D eigenvalue weighted by Gasteiger charge is -2.10. The van der Waals surface area contributed by atoms with E-state index in [1.54, 1.807) is 38.1 Å². The van der Waals surface area contributed by atoms with Gasteiger partial charge in [-0.2, -0.15) is 10.4 Å². The molecule has 38 heavy (non-hydrogen) atoms. The van der Waals surface area contributed by atoms with Crippen molar-refractivity contribution in [3.63, 3.8) is 0 Å². The van der Waals surface area contributed by atoms with Crippen LogP contribution >= 0.6 is 0 Å². The first-order chi connectivity index (χ1) is 17.6. The van der Waals surface area contributed by atoms with Gasteiger partial charge in [0.25, 0.3) is 0 Å². The molecule has 0 aliphatic carbocycles. The van der Waals surface area contributed by atoms with Crippen molar-refractivity contribution in [3.8, 4) is 23.3 Å². The number of hydrogen-bond acceptors (Lipinski definition) is 8. The van der Waals surface area contributed by atoms with Crippen molar-refractivity contribution in [3.05, 3.63) is 77.6 Å². The standard InChI is InChI=1S/C11H10F3N3O.C8H9F3N2O.C4H6N2/c1-7-5-10(15)17(16-7)8-3-2-4-9(6-8)18-11(12,13)14;9-8(10,11)14-7-3-1-2-6(4-7)5-13-12;1-4(6)2-3-5/h2-6H,15H2,1H3;1-4,13H,5,12H2;2H,6H2,1H3. The summed E-state index contributed by atoms with van der Waals surface area (Å²) in [5.41, 5.74) is 15.3. The highest BCUT2D eigenvalue weighted by Gasteiger charge is 2.31. The monoisotopic (exact) mass is 545 g/mol. The zero-order valence-corrected chi connectivity index (χ0v) is 20.1. The van der Waals surface area contributed by atoms with Crippen LogP contribution in [0.1, 0.15) is 18.2 Å². The van der Waals surface area contributed by atoms with E-state index >= 15 is 0 Å². The summed E-state index contributed by atoms with van der Waals surface area (Å²) < 4.78 is 80.6. The van der Waals surface area contributed by atoms with Gasteiger partial charge in [-0.1, -0.05) is 18.2 Å². The Morgan fingerprint density at radius 2 is 1.58 bits per heavy atom. The molecule has 1 heterocycles. The van der Waals surface area contributed by atoms with Crippen LogP contribution in [0.2, 0.25) is 0 Å². The number of halogens is 6. The molecule has 0 saturated carbocycles. The zero-order chi connectivity index (χ0) is 28.9. The van der Waals surface area contributed by atoms with Crippen LogP contribution < -0.4 is 32.2 Å². The molecule has 0 radical (unpaired) electrons. The molecule has 0 amide bonds. The van der Waals surface area contributed by atoms with Gasteiger partial charge in [0.2, 0.25) is 0 Å². The molecule has 0 unspecified atom stereocenters. The number of aryl methyl sites for hydroxylation is 1. The Morgan fingerprint density at radius 1 is 1.03 bits per heavy atom. The molecule has 2 aromatic carbocycles. The average Bonchev–Trinajstić information content (AvgIpc) is 3.11. The minimum absolute atomic E-state index is 0.245. The van der Waals surface area contributed by atoms with Crippen molar-refractivity contribution < 1.29 is 35.8 Å². The minimum atomic E-state index is -4.72. The van der Waals surface area contributed by atoms with Crippen molar-refractivity contribution in [1.29, 1.82) is 5.26 Å². The van der Waals surface area contributed by atoms with Gasteiger partial charge < -0.3 is 20.9 Å². The predicted molar refractivity (Wildman–Crippen MR) is 127 cm³/mol. The molecule has 0 spiro atoms. The smallest absolute Gasteiger partial charge is 0.406 e. The Hall–Kier alpha value is -4.42. The summed E-state index contributed by atoms with van der Waals surface area (Å²) in [6.07, 6.45) is -8.08. The number of rotatable bonds is 5. The van der Waals surface area contributed by atoms with E-state index < -0.39 is 12.7 Å². The molecule has 9 nitrogen and oxygen atoms in total. The molecule has 0 fully saturated rings. The first-order valence-corrected chi connectivity index (χ1v) is 10.4. The van der Waals surface area contributed by atoms with Crippen molar-refractivity contribution in [2.24, 2.45) is 11.6 Å². The van der Waals surface area contributed by atoms with Crippen molar-refractivity contribution in [2.75, 3.05) is 5.73 Å². The van der Waals surface area contributed by atoms with Gasteiger partial charge in [-0.25, -0.2) is 4.68 Å². The maximum atomic E-state index is 12.1. The van der Waals surface area contributed by atoms with E-state index in [-0.39, 0.29) is 18.0 Å². The summed E-state index contributed by atoms with van der Waals surface area (Å²) >= 11 is 0. The zero-order valence-electron chi connectivity index (χ0n) is 20.1. The highest BCUT2D eigenvalue weighted by Crippen LogP contribution is 2.25. The summed E-state index contributed by atoms with van der Waals surface area (Å²) in [5.74, 6) is 4.81. The maximum Gasteiger partial charge on any atom is 0.573 e. The molecule has 0 atom stereocenters. The van der Waals surface area contributed by atoms with Gasteiger partial charge in [0.1, 0.15) is 17.3 Å². The van der Waals surface area contributed by atoms with E-state index in [1.165, 1.54) is 47.2 Å². The molecular weight excluding hydrogens is 520 g/mol. The van der Waals surface area contributed by atoms with Crippen LogP contribution in [-0.2, 0) is 6.54 Å². The molecule has 1 aromatic heterocycles. The van der Waals surface area contributed by atoms with Crippen molar-refractivity contribution >= 4 is 5.82 Å². The van der Waals surface area contributed by atoms with Gasteiger partial charge in [-0.3, -0.25) is 11.3 Å². The molecule has 3 aromatic rings. The lowest BCUT2D eigenvalue weighted by molar-refractivity contribution is -0.275. The van der Waals surface area contributed by atoms with Crippen LogP contribution in [-0.4, -0.2) is 22.5 Å². The predicted octanol–water partition coefficient (Wildman–Crippen LogP) is 4.58. The van der Waals surface area contributed by atoms with E-state index in [4.69, 9.17) is 22.6 Å². The topological polar surface area (TPSA) is 150 Å². The maximum absolute atomic E-state index is 12.1. The molecule has 7 N–H and O–H groups in total. The number of ether oxygens (including phenoxy) is 2. The Balaban J connectivity index is 0.000000321. The summed E-state index contributed by atoms with van der Waals surface area (Å²) in [4.78, 5) is 0. The van der Waals surface area contributed by atoms with E-state index in [1.807, 2.05) is 0 Å². The molecule has 206 valence electrons. The van der Waals surface area contributed by atoms with Crippen LogP contribution in [0.4, 0.5) is 32.2 Å². The number of nitrogen functional groups attached to an aromatic ring is 1. The molecule has 0 saturated heterocycles. The van der Waals surface area contributed by atoms with Crippen molar-refractivity contribution in [2.45, 2.75) is 33.1 Å². The minimum Gasteiger partial charge on any atom is -0.406 e. The summed E-state index contributed by atoms with van der Waals surface area (Å²) in [6, 6.07) is 14.5. The first-order valence-electron chi connectivity index (χ1n) is 10.4. The summed E-state index contributed by atoms with van der Waals surface area (Å²) in [6.45, 7) is 3.70. The number of allylic oxidation sites excluding steroid dienone is 2. The normalized spacial score (nSPS) is 11.3. The van der Waals surface area contributed by atoms with Gasteiger partial charge >= 0.3 is 12.7 Å². The fourth-order valence-electron chi connectivity index (χ4n) is 2.61. The second-order valence-electron chi connectivity index (χ2n) is 7.26. The highest BCUT2D eigenvalue weighted by molar-refractivity contribution is 5.45. The van der Waals surface area contributed by atoms with Gasteiger partial charge in [0.15, 0.2) is 0 Å².